The summed E-state index contributed by atoms with van der Waals surface area (Å²) in [4.78, 5) is 0. The molecule has 0 heterocycles. The van der Waals surface area contributed by atoms with Gasteiger partial charge in [0.2, 0.25) is 0 Å². The van der Waals surface area contributed by atoms with Crippen LogP contribution in [0, 0.1) is 6.92 Å². The quantitative estimate of drug-likeness (QED) is 0.185. The minimum Gasteiger partial charge on any atom is -0.0622 e. The molecule has 0 fully saturated rings. The zero-order valence-corrected chi connectivity index (χ0v) is 24.2. The number of rotatable bonds is 6. The van der Waals surface area contributed by atoms with Crippen LogP contribution in [0.25, 0.3) is 54.9 Å². The van der Waals surface area contributed by atoms with Crippen molar-refractivity contribution in [1.82, 2.24) is 0 Å². The van der Waals surface area contributed by atoms with Crippen molar-refractivity contribution in [3.8, 4) is 33.4 Å². The molecule has 0 aromatic heterocycles. The predicted molar refractivity (Wildman–Crippen MR) is 181 cm³/mol. The molecule has 0 saturated heterocycles. The van der Waals surface area contributed by atoms with E-state index >= 15 is 0 Å². The maximum Gasteiger partial charge on any atom is -0.00201 e. The largest absolute Gasteiger partial charge is 0.0622 e. The van der Waals surface area contributed by atoms with Gasteiger partial charge in [0.1, 0.15) is 0 Å². The maximum atomic E-state index is 2.41. The minimum atomic E-state index is 0.451. The highest BCUT2D eigenvalue weighted by Crippen LogP contribution is 2.46. The fourth-order valence-electron chi connectivity index (χ4n) is 6.76. The molecule has 0 saturated carbocycles. The van der Waals surface area contributed by atoms with Crippen LogP contribution in [0.2, 0.25) is 0 Å². The van der Waals surface area contributed by atoms with Crippen LogP contribution in [-0.4, -0.2) is 0 Å². The van der Waals surface area contributed by atoms with Gasteiger partial charge < -0.3 is 0 Å². The molecule has 0 radical (unpaired) electrons. The van der Waals surface area contributed by atoms with Crippen molar-refractivity contribution in [2.75, 3.05) is 0 Å². The van der Waals surface area contributed by atoms with Gasteiger partial charge in [-0.3, -0.25) is 0 Å². The van der Waals surface area contributed by atoms with Crippen molar-refractivity contribution in [2.45, 2.75) is 26.2 Å². The zero-order chi connectivity index (χ0) is 28.5. The molecule has 0 N–H and O–H groups in total. The van der Waals surface area contributed by atoms with E-state index in [2.05, 4.69) is 166 Å². The van der Waals surface area contributed by atoms with E-state index in [0.29, 0.717) is 5.92 Å². The fraction of sp³-hybridized carbons (Fsp3) is 0.0952. The van der Waals surface area contributed by atoms with Crippen molar-refractivity contribution >= 4 is 21.5 Å². The summed E-state index contributed by atoms with van der Waals surface area (Å²) < 4.78 is 0. The monoisotopic (exact) mass is 538 g/mol. The summed E-state index contributed by atoms with van der Waals surface area (Å²) in [5.41, 5.74) is 11.8. The lowest BCUT2D eigenvalue weighted by Gasteiger charge is -2.21. The Morgan fingerprint density at radius 3 is 1.55 bits per heavy atom. The molecule has 202 valence electrons. The van der Waals surface area contributed by atoms with Gasteiger partial charge in [-0.05, 0) is 90.9 Å². The van der Waals surface area contributed by atoms with Crippen LogP contribution in [0.5, 0.6) is 0 Å². The summed E-state index contributed by atoms with van der Waals surface area (Å²) in [7, 11) is 0. The molecule has 42 heavy (non-hydrogen) atoms. The number of hydrogen-bond donors (Lipinski definition) is 0. The molecule has 0 aliphatic rings. The second-order valence-electron chi connectivity index (χ2n) is 11.4. The lowest BCUT2D eigenvalue weighted by molar-refractivity contribution is 0.753. The van der Waals surface area contributed by atoms with Crippen LogP contribution >= 0.6 is 0 Å². The summed E-state index contributed by atoms with van der Waals surface area (Å²) in [6.07, 6.45) is 1.04. The van der Waals surface area contributed by atoms with Crippen LogP contribution in [0.1, 0.15) is 29.5 Å². The highest BCUT2D eigenvalue weighted by Gasteiger charge is 2.19. The standard InChI is InChI=1S/C42H34/c1-29(27-31-15-5-3-6-16-31)34-26-25-33(28-30(34)2)41-37-21-11-13-23-39(37)42(40-24-14-12-22-38(40)41)36-20-10-9-19-35(36)32-17-7-4-8-18-32/h3-26,28-29H,27H2,1-2H3. The van der Waals surface area contributed by atoms with E-state index in [9.17, 15) is 0 Å². The van der Waals surface area contributed by atoms with E-state index < -0.39 is 0 Å². The summed E-state index contributed by atoms with van der Waals surface area (Å²) >= 11 is 0. The summed E-state index contributed by atoms with van der Waals surface area (Å²) in [6, 6.07) is 55.4. The third kappa shape index (κ3) is 4.70. The van der Waals surface area contributed by atoms with E-state index in [-0.39, 0.29) is 0 Å². The first-order valence-corrected chi connectivity index (χ1v) is 14.9. The Bertz CT molecular complexity index is 1960. The van der Waals surface area contributed by atoms with Crippen molar-refractivity contribution in [3.05, 3.63) is 168 Å². The van der Waals surface area contributed by atoms with Crippen LogP contribution < -0.4 is 0 Å². The van der Waals surface area contributed by atoms with Crippen LogP contribution in [0.4, 0.5) is 0 Å². The lowest BCUT2D eigenvalue weighted by Crippen LogP contribution is -2.01. The fourth-order valence-corrected chi connectivity index (χ4v) is 6.76. The maximum absolute atomic E-state index is 2.41. The van der Waals surface area contributed by atoms with Gasteiger partial charge in [-0.1, -0.05) is 159 Å². The molecular weight excluding hydrogens is 504 g/mol. The van der Waals surface area contributed by atoms with E-state index in [1.807, 2.05) is 0 Å². The normalized spacial score (nSPS) is 12.0. The first kappa shape index (κ1) is 26.0. The van der Waals surface area contributed by atoms with Gasteiger partial charge in [0, 0.05) is 0 Å². The first-order valence-electron chi connectivity index (χ1n) is 14.9. The number of fused-ring (bicyclic) bond motifs is 2. The lowest BCUT2D eigenvalue weighted by atomic mass is 9.83. The molecule has 7 rings (SSSR count). The van der Waals surface area contributed by atoms with E-state index in [0.717, 1.165) is 6.42 Å². The number of benzene rings is 7. The zero-order valence-electron chi connectivity index (χ0n) is 24.2. The third-order valence-corrected chi connectivity index (χ3v) is 8.69. The van der Waals surface area contributed by atoms with E-state index in [4.69, 9.17) is 0 Å². The Balaban J connectivity index is 1.43. The van der Waals surface area contributed by atoms with Crippen LogP contribution in [-0.2, 0) is 6.42 Å². The third-order valence-electron chi connectivity index (χ3n) is 8.69. The molecule has 7 aromatic carbocycles. The van der Waals surface area contributed by atoms with Gasteiger partial charge in [-0.15, -0.1) is 0 Å². The van der Waals surface area contributed by atoms with E-state index in [1.165, 1.54) is 71.6 Å². The molecule has 7 aromatic rings. The topological polar surface area (TPSA) is 0 Å². The Hall–Kier alpha value is -4.94. The summed E-state index contributed by atoms with van der Waals surface area (Å²) in [5.74, 6) is 0.451. The van der Waals surface area contributed by atoms with Crippen LogP contribution in [0.3, 0.4) is 0 Å². The smallest absolute Gasteiger partial charge is 0.00201 e. The highest BCUT2D eigenvalue weighted by atomic mass is 14.2. The van der Waals surface area contributed by atoms with Gasteiger partial charge in [0.15, 0.2) is 0 Å². The van der Waals surface area contributed by atoms with Gasteiger partial charge in [0.25, 0.3) is 0 Å². The average Bonchev–Trinajstić information content (AvgIpc) is 3.04. The molecule has 1 unspecified atom stereocenters. The van der Waals surface area contributed by atoms with Crippen molar-refractivity contribution in [3.63, 3.8) is 0 Å². The highest BCUT2D eigenvalue weighted by molar-refractivity contribution is 6.22. The van der Waals surface area contributed by atoms with E-state index in [1.54, 1.807) is 0 Å². The molecule has 0 bridgehead atoms. The second kappa shape index (κ2) is 11.1. The molecular formula is C42H34. The Morgan fingerprint density at radius 1 is 0.452 bits per heavy atom. The molecule has 0 aliphatic heterocycles. The molecule has 0 aliphatic carbocycles. The molecule has 0 amide bonds. The Morgan fingerprint density at radius 2 is 0.952 bits per heavy atom. The minimum absolute atomic E-state index is 0.451. The van der Waals surface area contributed by atoms with Gasteiger partial charge >= 0.3 is 0 Å². The number of hydrogen-bond acceptors (Lipinski definition) is 0. The summed E-state index contributed by atoms with van der Waals surface area (Å²) in [5, 5.41) is 5.15. The summed E-state index contributed by atoms with van der Waals surface area (Å²) in [6.45, 7) is 4.62. The average molecular weight is 539 g/mol. The molecule has 0 heteroatoms. The Labute approximate surface area is 248 Å². The SMILES string of the molecule is Cc1cc(-c2c3ccccc3c(-c3ccccc3-c3ccccc3)c3ccccc23)ccc1C(C)Cc1ccccc1. The Kier molecular flexibility index (Phi) is 6.90. The van der Waals surface area contributed by atoms with Crippen LogP contribution in [0.15, 0.2) is 152 Å². The molecule has 0 nitrogen and oxygen atoms in total. The van der Waals surface area contributed by atoms with Crippen molar-refractivity contribution < 1.29 is 0 Å². The van der Waals surface area contributed by atoms with Crippen molar-refractivity contribution in [2.24, 2.45) is 0 Å². The predicted octanol–water partition coefficient (Wildman–Crippen LogP) is 11.6. The van der Waals surface area contributed by atoms with Gasteiger partial charge in [-0.25, -0.2) is 0 Å². The molecule has 1 atom stereocenters. The van der Waals surface area contributed by atoms with Gasteiger partial charge in [0.05, 0.1) is 0 Å². The second-order valence-corrected chi connectivity index (χ2v) is 11.4. The number of aryl methyl sites for hydroxylation is 1. The van der Waals surface area contributed by atoms with Gasteiger partial charge in [-0.2, -0.15) is 0 Å². The first-order chi connectivity index (χ1) is 20.7. The molecule has 0 spiro atoms. The van der Waals surface area contributed by atoms with Crippen molar-refractivity contribution in [1.29, 1.82) is 0 Å².